The van der Waals surface area contributed by atoms with E-state index in [1.807, 2.05) is 0 Å². The van der Waals surface area contributed by atoms with Gasteiger partial charge in [-0.1, -0.05) is 29.5 Å². The molecule has 1 N–H and O–H groups in total. The minimum atomic E-state index is -2.27. The summed E-state index contributed by atoms with van der Waals surface area (Å²) in [4.78, 5) is 56.2. The zero-order valence-corrected chi connectivity index (χ0v) is 27.3. The van der Waals surface area contributed by atoms with E-state index in [0.29, 0.717) is 28.0 Å². The van der Waals surface area contributed by atoms with Gasteiger partial charge in [0, 0.05) is 12.5 Å². The van der Waals surface area contributed by atoms with Gasteiger partial charge in [0.1, 0.15) is 45.0 Å². The van der Waals surface area contributed by atoms with Crippen molar-refractivity contribution in [1.82, 2.24) is 9.29 Å². The van der Waals surface area contributed by atoms with Crippen LogP contribution >= 0.6 is 23.1 Å². The highest BCUT2D eigenvalue weighted by Crippen LogP contribution is 2.48. The number of rotatable bonds is 7. The largest absolute Gasteiger partial charge is 0.519 e. The lowest BCUT2D eigenvalue weighted by Crippen LogP contribution is -2.58. The Bertz CT molecular complexity index is 1580. The van der Waals surface area contributed by atoms with E-state index < -0.39 is 50.3 Å². The van der Waals surface area contributed by atoms with Gasteiger partial charge in [0.25, 0.3) is 0 Å². The molecule has 1 fully saturated rings. The average Bonchev–Trinajstić information content (AvgIpc) is 3.65. The fraction of sp³-hybridized carbons (Fsp3) is 0.483. The van der Waals surface area contributed by atoms with E-state index in [1.165, 1.54) is 42.7 Å². The summed E-state index contributed by atoms with van der Waals surface area (Å²) in [5, 5.41) is 13.5. The second-order valence-electron chi connectivity index (χ2n) is 10.6. The van der Waals surface area contributed by atoms with E-state index in [-0.39, 0.29) is 49.1 Å². The molecule has 1 unspecified atom stereocenters. The number of nitrogens with zero attached hydrogens (tertiary/aromatic N) is 2. The first kappa shape index (κ1) is 33.9. The van der Waals surface area contributed by atoms with E-state index in [2.05, 4.69) is 4.98 Å². The van der Waals surface area contributed by atoms with Crippen LogP contribution in [-0.4, -0.2) is 65.8 Å². The van der Waals surface area contributed by atoms with Gasteiger partial charge in [-0.2, -0.15) is 0 Å². The number of fused-ring (bicyclic) bond motifs is 4. The van der Waals surface area contributed by atoms with E-state index in [4.69, 9.17) is 18.3 Å². The first-order valence-corrected chi connectivity index (χ1v) is 16.6. The van der Waals surface area contributed by atoms with Gasteiger partial charge < -0.3 is 23.4 Å². The number of aliphatic hydroxyl groups is 1. The summed E-state index contributed by atoms with van der Waals surface area (Å²) in [5.41, 5.74) is -1.04. The topological polar surface area (TPSA) is 166 Å². The number of hydrogen-bond donors (Lipinski definition) is 1. The highest BCUT2D eigenvalue weighted by atomic mass is 32.2. The fourth-order valence-corrected chi connectivity index (χ4v) is 8.85. The van der Waals surface area contributed by atoms with Crippen molar-refractivity contribution in [3.8, 4) is 0 Å². The van der Waals surface area contributed by atoms with Crippen LogP contribution in [-0.2, 0) is 40.6 Å². The van der Waals surface area contributed by atoms with Crippen molar-refractivity contribution < 1.29 is 42.0 Å². The van der Waals surface area contributed by atoms with Crippen LogP contribution in [0.2, 0.25) is 0 Å². The van der Waals surface area contributed by atoms with E-state index in [0.717, 1.165) is 0 Å². The number of thiazole rings is 1. The minimum Gasteiger partial charge on any atom is -0.396 e. The highest BCUT2D eigenvalue weighted by Gasteiger charge is 2.64. The molecule has 2 aromatic heterocycles. The summed E-state index contributed by atoms with van der Waals surface area (Å²) in [6.07, 6.45) is 6.67. The van der Waals surface area contributed by atoms with E-state index in [1.54, 1.807) is 43.5 Å². The van der Waals surface area contributed by atoms with Crippen molar-refractivity contribution in [2.24, 2.45) is 0 Å². The molecule has 0 saturated carbocycles. The van der Waals surface area contributed by atoms with Crippen molar-refractivity contribution in [2.45, 2.75) is 75.2 Å². The van der Waals surface area contributed by atoms with Gasteiger partial charge in [0.2, 0.25) is 11.0 Å². The normalized spacial score (nSPS) is 28.6. The van der Waals surface area contributed by atoms with Crippen LogP contribution < -0.4 is 5.82 Å². The molecule has 0 aliphatic carbocycles. The summed E-state index contributed by atoms with van der Waals surface area (Å²) < 4.78 is 34.3. The smallest absolute Gasteiger partial charge is 0.396 e. The summed E-state index contributed by atoms with van der Waals surface area (Å²) in [7, 11) is -0.750. The van der Waals surface area contributed by atoms with Gasteiger partial charge in [-0.15, -0.1) is 11.3 Å². The maximum atomic E-state index is 14.4. The number of carbonyl (C=O) groups excluding carboxylic acids is 3. The number of hydrogen-bond acceptors (Lipinski definition) is 13. The van der Waals surface area contributed by atoms with Crippen LogP contribution in [0.5, 0.6) is 0 Å². The molecule has 0 radical (unpaired) electrons. The van der Waals surface area contributed by atoms with Gasteiger partial charge in [0.05, 0.1) is 23.9 Å². The summed E-state index contributed by atoms with van der Waals surface area (Å²) in [5.74, 6) is -1.56. The van der Waals surface area contributed by atoms with Crippen LogP contribution in [0.3, 0.4) is 0 Å². The van der Waals surface area contributed by atoms with Gasteiger partial charge in [-0.3, -0.25) is 18.7 Å². The van der Waals surface area contributed by atoms with Crippen LogP contribution in [0.1, 0.15) is 68.3 Å². The Morgan fingerprint density at radius 3 is 2.68 bits per heavy atom. The number of carbonyl (C=O) groups is 3. The van der Waals surface area contributed by atoms with Gasteiger partial charge in [0.15, 0.2) is 11.5 Å². The average molecular weight is 667 g/mol. The van der Waals surface area contributed by atoms with Crippen LogP contribution in [0, 0.1) is 6.92 Å². The van der Waals surface area contributed by atoms with Crippen molar-refractivity contribution in [3.63, 3.8) is 0 Å². The van der Waals surface area contributed by atoms with Crippen molar-refractivity contribution in [2.75, 3.05) is 13.9 Å². The zero-order chi connectivity index (χ0) is 32.2. The van der Waals surface area contributed by atoms with Crippen LogP contribution in [0.15, 0.2) is 48.9 Å². The lowest BCUT2D eigenvalue weighted by molar-refractivity contribution is -0.132. The summed E-state index contributed by atoms with van der Waals surface area (Å²) in [6.45, 7) is 6.07. The Morgan fingerprint density at radius 2 is 2.00 bits per heavy atom. The van der Waals surface area contributed by atoms with Gasteiger partial charge >= 0.3 is 5.82 Å². The third-order valence-electron chi connectivity index (χ3n) is 7.54. The Hall–Kier alpha value is -2.95. The molecule has 2 aliphatic rings. The zero-order valence-electron chi connectivity index (χ0n) is 24.9. The molecule has 2 aliphatic heterocycles. The molecule has 12 nitrogen and oxygen atoms in total. The van der Waals surface area contributed by atoms with E-state index >= 15 is 0 Å². The predicted molar refractivity (Wildman–Crippen MR) is 165 cm³/mol. The number of ether oxygens (including phenoxy) is 2. The van der Waals surface area contributed by atoms with E-state index in [9.17, 15) is 28.5 Å². The summed E-state index contributed by atoms with van der Waals surface area (Å²) >= 11 is 1.94. The van der Waals surface area contributed by atoms with Crippen molar-refractivity contribution >= 4 is 57.0 Å². The number of amides is 1. The Morgan fingerprint density at radius 1 is 1.27 bits per heavy atom. The number of methoxy groups -OCH3 is 1. The SMILES string of the molecule is COCO[C@@H]1/C=C(/C)CC[C@]2([C@@](C)(O)C(=O)SCc3oc(=O)oc3C)CC(=O)N([C@H](C)c3nc(cs3)/C=C\C=C/C1=O)S2=O. The molecular formula is C29H34N2O10S3. The third kappa shape index (κ3) is 6.97. The number of thioether (sulfide) groups is 1. The number of aromatic nitrogens is 1. The third-order valence-corrected chi connectivity index (χ3v) is 11.9. The van der Waals surface area contributed by atoms with Crippen LogP contribution in [0.4, 0.5) is 0 Å². The molecule has 15 heteroatoms. The van der Waals surface area contributed by atoms with Gasteiger partial charge in [-0.25, -0.2) is 14.0 Å². The first-order valence-electron chi connectivity index (χ1n) is 13.7. The molecule has 44 heavy (non-hydrogen) atoms. The molecule has 238 valence electrons. The quantitative estimate of drug-likeness (QED) is 0.336. The van der Waals surface area contributed by atoms with Gasteiger partial charge in [-0.05, 0) is 58.8 Å². The predicted octanol–water partition coefficient (Wildman–Crippen LogP) is 3.77. The standard InChI is InChI=1S/C29H34N2O10S3/c1-17-10-11-29(28(4,36)26(34)43-15-23-19(3)40-27(35)41-23)13-24(33)31(44(29)37)18(2)25-30-20(14-42-25)8-6-7-9-21(32)22(12-17)39-16-38-5/h6-9,12,14,18,22,36H,10-11,13,15-16H2,1-5H3/b8-6-,9-7-,17-12-/t18-,22-,28+,29-,44?/m1/s1. The number of ketones is 1. The monoisotopic (exact) mass is 666 g/mol. The number of allylic oxidation sites excluding steroid dienone is 3. The number of aryl methyl sites for hydroxylation is 1. The lowest BCUT2D eigenvalue weighted by Gasteiger charge is -2.39. The molecule has 0 spiro atoms. The molecule has 4 heterocycles. The molecule has 2 aromatic rings. The maximum absolute atomic E-state index is 14.4. The minimum absolute atomic E-state index is 0.0400. The Balaban J connectivity index is 1.75. The Labute approximate surface area is 264 Å². The van der Waals surface area contributed by atoms with Crippen molar-refractivity contribution in [3.05, 3.63) is 68.1 Å². The molecule has 4 bridgehead atoms. The fourth-order valence-electron chi connectivity index (χ4n) is 4.91. The second kappa shape index (κ2) is 14.0. The molecule has 1 amide bonds. The Kier molecular flexibility index (Phi) is 10.8. The maximum Gasteiger partial charge on any atom is 0.519 e. The van der Waals surface area contributed by atoms with Crippen LogP contribution in [0.25, 0.3) is 6.08 Å². The molecule has 0 aromatic carbocycles. The first-order chi connectivity index (χ1) is 20.8. The molecule has 4 rings (SSSR count). The highest BCUT2D eigenvalue weighted by molar-refractivity contribution is 8.13. The molecule has 1 saturated heterocycles. The summed E-state index contributed by atoms with van der Waals surface area (Å²) in [6, 6.07) is -0.713. The second-order valence-corrected chi connectivity index (χ2v) is 14.1. The molecule has 5 atom stereocenters. The molecular weight excluding hydrogens is 633 g/mol. The van der Waals surface area contributed by atoms with Crippen molar-refractivity contribution in [1.29, 1.82) is 0 Å². The lowest BCUT2D eigenvalue weighted by atomic mass is 9.81.